The molecule has 1 spiro atoms. The molecule has 1 saturated carbocycles. The van der Waals surface area contributed by atoms with Crippen molar-refractivity contribution < 1.29 is 17.9 Å². The monoisotopic (exact) mass is 371 g/mol. The van der Waals surface area contributed by atoms with Gasteiger partial charge in [0.2, 0.25) is 10.0 Å². The van der Waals surface area contributed by atoms with Crippen molar-refractivity contribution in [2.45, 2.75) is 30.6 Å². The SMILES string of the molecule is COc1ccc2c(c1)CCN(S(=O)(=O)Cc1ccccc1)C1(CC1)C2=O. The van der Waals surface area contributed by atoms with Crippen LogP contribution in [0.25, 0.3) is 0 Å². The highest BCUT2D eigenvalue weighted by molar-refractivity contribution is 7.88. The van der Waals surface area contributed by atoms with Gasteiger partial charge in [0.1, 0.15) is 5.75 Å². The third-order valence-corrected chi connectivity index (χ3v) is 7.19. The number of Topliss-reactive ketones (excluding diaryl/α,β-unsaturated/α-hetero) is 1. The zero-order chi connectivity index (χ0) is 18.4. The Labute approximate surface area is 153 Å². The van der Waals surface area contributed by atoms with E-state index in [4.69, 9.17) is 4.74 Å². The van der Waals surface area contributed by atoms with Gasteiger partial charge >= 0.3 is 0 Å². The maximum Gasteiger partial charge on any atom is 0.219 e. The molecule has 4 rings (SSSR count). The van der Waals surface area contributed by atoms with Crippen LogP contribution in [0.2, 0.25) is 0 Å². The number of ether oxygens (including phenoxy) is 1. The molecule has 6 heteroatoms. The number of rotatable bonds is 4. The van der Waals surface area contributed by atoms with Gasteiger partial charge in [-0.05, 0) is 48.6 Å². The molecule has 0 bridgehead atoms. The smallest absolute Gasteiger partial charge is 0.219 e. The molecule has 1 aliphatic heterocycles. The molecule has 5 nitrogen and oxygen atoms in total. The summed E-state index contributed by atoms with van der Waals surface area (Å²) in [5.41, 5.74) is 1.32. The molecule has 0 unspecified atom stereocenters. The van der Waals surface area contributed by atoms with Crippen molar-refractivity contribution >= 4 is 15.8 Å². The number of carbonyl (C=O) groups excluding carboxylic acids is 1. The Balaban J connectivity index is 1.70. The second-order valence-corrected chi connectivity index (χ2v) is 8.84. The fourth-order valence-electron chi connectivity index (χ4n) is 3.79. The average molecular weight is 371 g/mol. The summed E-state index contributed by atoms with van der Waals surface area (Å²) >= 11 is 0. The Hall–Kier alpha value is -2.18. The van der Waals surface area contributed by atoms with Gasteiger partial charge in [-0.2, -0.15) is 4.31 Å². The van der Waals surface area contributed by atoms with Crippen LogP contribution >= 0.6 is 0 Å². The summed E-state index contributed by atoms with van der Waals surface area (Å²) in [6.45, 7) is 0.321. The van der Waals surface area contributed by atoms with Gasteiger partial charge in [-0.3, -0.25) is 4.79 Å². The molecular formula is C20H21NO4S. The third-order valence-electron chi connectivity index (χ3n) is 5.29. The van der Waals surface area contributed by atoms with Crippen molar-refractivity contribution in [3.63, 3.8) is 0 Å². The van der Waals surface area contributed by atoms with Crippen LogP contribution in [0.5, 0.6) is 5.75 Å². The Morgan fingerprint density at radius 3 is 2.50 bits per heavy atom. The van der Waals surface area contributed by atoms with E-state index in [0.717, 1.165) is 11.1 Å². The predicted octanol–water partition coefficient (Wildman–Crippen LogP) is 2.80. The number of hydrogen-bond donors (Lipinski definition) is 0. The molecular weight excluding hydrogens is 350 g/mol. The van der Waals surface area contributed by atoms with Crippen molar-refractivity contribution in [3.05, 3.63) is 65.2 Å². The second kappa shape index (κ2) is 6.21. The van der Waals surface area contributed by atoms with Gasteiger partial charge < -0.3 is 4.74 Å². The van der Waals surface area contributed by atoms with Gasteiger partial charge in [0.25, 0.3) is 0 Å². The summed E-state index contributed by atoms with van der Waals surface area (Å²) in [4.78, 5) is 13.2. The molecule has 1 heterocycles. The van der Waals surface area contributed by atoms with E-state index in [0.29, 0.717) is 37.1 Å². The first-order valence-electron chi connectivity index (χ1n) is 8.72. The van der Waals surface area contributed by atoms with E-state index in [1.165, 1.54) is 4.31 Å². The Kier molecular flexibility index (Phi) is 4.12. The maximum atomic E-state index is 13.2. The number of nitrogens with zero attached hydrogens (tertiary/aromatic N) is 1. The normalized spacial score (nSPS) is 19.0. The van der Waals surface area contributed by atoms with Crippen molar-refractivity contribution in [2.24, 2.45) is 0 Å². The molecule has 136 valence electrons. The average Bonchev–Trinajstić information content (AvgIpc) is 3.43. The van der Waals surface area contributed by atoms with E-state index < -0.39 is 15.6 Å². The van der Waals surface area contributed by atoms with Gasteiger partial charge in [-0.15, -0.1) is 0 Å². The van der Waals surface area contributed by atoms with Crippen LogP contribution in [0.4, 0.5) is 0 Å². The van der Waals surface area contributed by atoms with Crippen LogP contribution in [-0.4, -0.2) is 37.7 Å². The van der Waals surface area contributed by atoms with Crippen molar-refractivity contribution in [3.8, 4) is 5.75 Å². The van der Waals surface area contributed by atoms with Gasteiger partial charge in [0.05, 0.1) is 18.4 Å². The molecule has 26 heavy (non-hydrogen) atoms. The maximum absolute atomic E-state index is 13.2. The third kappa shape index (κ3) is 2.83. The molecule has 0 amide bonds. The molecule has 1 aliphatic carbocycles. The molecule has 2 aromatic carbocycles. The lowest BCUT2D eigenvalue weighted by Gasteiger charge is -2.28. The summed E-state index contributed by atoms with van der Waals surface area (Å²) in [5, 5.41) is 0. The van der Waals surface area contributed by atoms with E-state index >= 15 is 0 Å². The van der Waals surface area contributed by atoms with Gasteiger partial charge in [0.15, 0.2) is 5.78 Å². The number of fused-ring (bicyclic) bond motifs is 1. The van der Waals surface area contributed by atoms with E-state index in [1.807, 2.05) is 24.3 Å². The molecule has 0 N–H and O–H groups in total. The summed E-state index contributed by atoms with van der Waals surface area (Å²) in [6, 6.07) is 14.5. The second-order valence-electron chi connectivity index (χ2n) is 6.95. The molecule has 2 aromatic rings. The molecule has 0 aromatic heterocycles. The van der Waals surface area contributed by atoms with Gasteiger partial charge in [-0.25, -0.2) is 8.42 Å². The van der Waals surface area contributed by atoms with E-state index in [2.05, 4.69) is 0 Å². The number of carbonyl (C=O) groups is 1. The molecule has 0 radical (unpaired) electrons. The fourth-order valence-corrected chi connectivity index (χ4v) is 5.73. The van der Waals surface area contributed by atoms with Crippen molar-refractivity contribution in [1.82, 2.24) is 4.31 Å². The molecule has 1 fully saturated rings. The first kappa shape index (κ1) is 17.2. The fraction of sp³-hybridized carbons (Fsp3) is 0.350. The Bertz CT molecular complexity index is 949. The molecule has 2 aliphatic rings. The van der Waals surface area contributed by atoms with E-state index in [1.54, 1.807) is 31.4 Å². The van der Waals surface area contributed by atoms with Crippen LogP contribution in [0.15, 0.2) is 48.5 Å². The number of benzene rings is 2. The predicted molar refractivity (Wildman–Crippen MR) is 98.8 cm³/mol. The van der Waals surface area contributed by atoms with Crippen LogP contribution in [0.3, 0.4) is 0 Å². The molecule has 0 saturated heterocycles. The summed E-state index contributed by atoms with van der Waals surface area (Å²) in [6.07, 6.45) is 1.69. The quantitative estimate of drug-likeness (QED) is 0.829. The van der Waals surface area contributed by atoms with Crippen molar-refractivity contribution in [2.75, 3.05) is 13.7 Å². The number of methoxy groups -OCH3 is 1. The zero-order valence-electron chi connectivity index (χ0n) is 14.6. The van der Waals surface area contributed by atoms with Crippen LogP contribution in [0, 0.1) is 0 Å². The number of sulfonamides is 1. The topological polar surface area (TPSA) is 63.7 Å². The minimum absolute atomic E-state index is 0.0794. The van der Waals surface area contributed by atoms with Crippen LogP contribution < -0.4 is 4.74 Å². The van der Waals surface area contributed by atoms with Crippen LogP contribution in [0.1, 0.15) is 34.3 Å². The first-order valence-corrected chi connectivity index (χ1v) is 10.3. The van der Waals surface area contributed by atoms with Gasteiger partial charge in [0, 0.05) is 12.1 Å². The lowest BCUT2D eigenvalue weighted by molar-refractivity contribution is 0.0880. The minimum atomic E-state index is -3.59. The molecule has 0 atom stereocenters. The first-order chi connectivity index (χ1) is 12.5. The van der Waals surface area contributed by atoms with Gasteiger partial charge in [-0.1, -0.05) is 30.3 Å². The Morgan fingerprint density at radius 1 is 1.12 bits per heavy atom. The largest absolute Gasteiger partial charge is 0.497 e. The summed E-state index contributed by atoms with van der Waals surface area (Å²) < 4.78 is 33.0. The highest BCUT2D eigenvalue weighted by Crippen LogP contribution is 2.48. The Morgan fingerprint density at radius 2 is 1.85 bits per heavy atom. The van der Waals surface area contributed by atoms with Crippen LogP contribution in [-0.2, 0) is 22.2 Å². The highest BCUT2D eigenvalue weighted by atomic mass is 32.2. The highest BCUT2D eigenvalue weighted by Gasteiger charge is 2.59. The van der Waals surface area contributed by atoms with E-state index in [9.17, 15) is 13.2 Å². The summed E-state index contributed by atoms with van der Waals surface area (Å²) in [7, 11) is -2.01. The lowest BCUT2D eigenvalue weighted by atomic mass is 9.98. The van der Waals surface area contributed by atoms with E-state index in [-0.39, 0.29) is 11.5 Å². The summed E-state index contributed by atoms with van der Waals surface area (Å²) in [5.74, 6) is 0.522. The van der Waals surface area contributed by atoms with Crippen molar-refractivity contribution in [1.29, 1.82) is 0 Å². The lowest BCUT2D eigenvalue weighted by Crippen LogP contribution is -2.47. The standard InChI is InChI=1S/C20H21NO4S/c1-25-17-7-8-18-16(13-17)9-12-21(20(10-11-20)19(18)22)26(23,24)14-15-5-3-2-4-6-15/h2-8,13H,9-12,14H2,1H3. The number of hydrogen-bond acceptors (Lipinski definition) is 4. The number of ketones is 1. The minimum Gasteiger partial charge on any atom is -0.497 e. The zero-order valence-corrected chi connectivity index (χ0v) is 15.5.